The molecule has 1 aromatic carbocycles. The van der Waals surface area contributed by atoms with Crippen molar-refractivity contribution >= 4 is 11.6 Å². The predicted octanol–water partition coefficient (Wildman–Crippen LogP) is 3.21. The average molecular weight is 325 g/mol. The van der Waals surface area contributed by atoms with Gasteiger partial charge in [0.05, 0.1) is 24.9 Å². The molecule has 5 nitrogen and oxygen atoms in total. The fraction of sp³-hybridized carbons (Fsp3) is 0.474. The van der Waals surface area contributed by atoms with E-state index in [-0.39, 0.29) is 11.8 Å². The van der Waals surface area contributed by atoms with Gasteiger partial charge in [-0.15, -0.1) is 0 Å². The summed E-state index contributed by atoms with van der Waals surface area (Å²) in [6.07, 6.45) is 7.93. The van der Waals surface area contributed by atoms with E-state index in [9.17, 15) is 4.79 Å². The summed E-state index contributed by atoms with van der Waals surface area (Å²) < 4.78 is 5.39. The number of aromatic nitrogens is 2. The van der Waals surface area contributed by atoms with Crippen molar-refractivity contribution in [1.29, 1.82) is 0 Å². The number of carbonyl (C=O) groups is 1. The van der Waals surface area contributed by atoms with Crippen LogP contribution in [0.5, 0.6) is 5.75 Å². The molecule has 0 fully saturated rings. The van der Waals surface area contributed by atoms with Crippen molar-refractivity contribution in [3.8, 4) is 5.75 Å². The van der Waals surface area contributed by atoms with Crippen LogP contribution in [0.2, 0.25) is 0 Å². The fourth-order valence-electron chi connectivity index (χ4n) is 3.97. The van der Waals surface area contributed by atoms with Gasteiger partial charge in [0.2, 0.25) is 5.91 Å². The van der Waals surface area contributed by atoms with E-state index < -0.39 is 0 Å². The molecule has 1 aliphatic carbocycles. The average Bonchev–Trinajstić information content (AvgIpc) is 3.00. The topological polar surface area (TPSA) is 58.2 Å². The van der Waals surface area contributed by atoms with Crippen LogP contribution >= 0.6 is 0 Å². The molecule has 0 spiro atoms. The molecular formula is C19H23N3O2. The summed E-state index contributed by atoms with van der Waals surface area (Å²) in [6.45, 7) is 0.780. The number of ether oxygens (including phenoxy) is 1. The first-order valence-corrected chi connectivity index (χ1v) is 8.78. The van der Waals surface area contributed by atoms with Gasteiger partial charge in [-0.2, -0.15) is 5.10 Å². The highest BCUT2D eigenvalue weighted by Crippen LogP contribution is 2.36. The Morgan fingerprint density at radius 3 is 3.08 bits per heavy atom. The van der Waals surface area contributed by atoms with Gasteiger partial charge < -0.3 is 9.64 Å². The summed E-state index contributed by atoms with van der Waals surface area (Å²) in [5.41, 5.74) is 4.47. The number of aryl methyl sites for hydroxylation is 2. The molecule has 1 atom stereocenters. The summed E-state index contributed by atoms with van der Waals surface area (Å²) in [5.74, 6) is 0.930. The van der Waals surface area contributed by atoms with E-state index in [1.165, 1.54) is 5.56 Å². The lowest BCUT2D eigenvalue weighted by Crippen LogP contribution is -2.37. The lowest BCUT2D eigenvalue weighted by molar-refractivity contribution is -0.120. The molecular weight excluding hydrogens is 302 g/mol. The zero-order valence-electron chi connectivity index (χ0n) is 14.0. The van der Waals surface area contributed by atoms with E-state index in [0.29, 0.717) is 0 Å². The summed E-state index contributed by atoms with van der Waals surface area (Å²) in [6, 6.07) is 6.10. The molecule has 5 heteroatoms. The number of methoxy groups -OCH3 is 1. The number of rotatable bonds is 2. The molecule has 1 aliphatic heterocycles. The Labute approximate surface area is 142 Å². The van der Waals surface area contributed by atoms with Crippen LogP contribution < -0.4 is 9.64 Å². The zero-order chi connectivity index (χ0) is 16.5. The highest BCUT2D eigenvalue weighted by molar-refractivity contribution is 5.99. The number of anilines is 1. The standard InChI is InChI=1S/C19H23N3O2/c1-24-14-9-8-13-5-2-3-10-22(18(13)11-14)19(23)15-6-4-7-17-16(15)12-20-21-17/h8-9,11-12,15H,2-7,10H2,1H3,(H,20,21). The van der Waals surface area contributed by atoms with Crippen LogP contribution in [0.3, 0.4) is 0 Å². The van der Waals surface area contributed by atoms with E-state index in [0.717, 1.165) is 67.8 Å². The second kappa shape index (κ2) is 6.30. The Balaban J connectivity index is 1.71. The highest BCUT2D eigenvalue weighted by atomic mass is 16.5. The van der Waals surface area contributed by atoms with Crippen LogP contribution in [-0.2, 0) is 17.6 Å². The van der Waals surface area contributed by atoms with Crippen LogP contribution in [0.4, 0.5) is 5.69 Å². The van der Waals surface area contributed by atoms with Gasteiger partial charge in [-0.05, 0) is 50.2 Å². The van der Waals surface area contributed by atoms with Gasteiger partial charge >= 0.3 is 0 Å². The number of H-pyrrole nitrogens is 1. The quantitative estimate of drug-likeness (QED) is 0.922. The normalized spacial score (nSPS) is 20.0. The van der Waals surface area contributed by atoms with Gasteiger partial charge in [-0.1, -0.05) is 6.07 Å². The van der Waals surface area contributed by atoms with Crippen LogP contribution in [0.25, 0.3) is 0 Å². The summed E-state index contributed by atoms with van der Waals surface area (Å²) >= 11 is 0. The second-order valence-corrected chi connectivity index (χ2v) is 6.69. The predicted molar refractivity (Wildman–Crippen MR) is 92.6 cm³/mol. The smallest absolute Gasteiger partial charge is 0.234 e. The molecule has 2 heterocycles. The monoisotopic (exact) mass is 325 g/mol. The second-order valence-electron chi connectivity index (χ2n) is 6.69. The zero-order valence-corrected chi connectivity index (χ0v) is 14.0. The number of hydrogen-bond donors (Lipinski definition) is 1. The van der Waals surface area contributed by atoms with Crippen molar-refractivity contribution in [1.82, 2.24) is 10.2 Å². The molecule has 0 saturated heterocycles. The number of benzene rings is 1. The van der Waals surface area contributed by atoms with Crippen molar-refractivity contribution in [2.75, 3.05) is 18.6 Å². The Hall–Kier alpha value is -2.30. The van der Waals surface area contributed by atoms with Crippen LogP contribution in [0.1, 0.15) is 48.4 Å². The van der Waals surface area contributed by atoms with Gasteiger partial charge in [0.1, 0.15) is 5.75 Å². The first-order valence-electron chi connectivity index (χ1n) is 8.78. The molecule has 2 aliphatic rings. The number of nitrogens with one attached hydrogen (secondary N) is 1. The largest absolute Gasteiger partial charge is 0.497 e. The number of fused-ring (bicyclic) bond motifs is 2. The van der Waals surface area contributed by atoms with Crippen molar-refractivity contribution in [2.45, 2.75) is 44.4 Å². The summed E-state index contributed by atoms with van der Waals surface area (Å²) in [7, 11) is 1.67. The Morgan fingerprint density at radius 1 is 1.29 bits per heavy atom. The Bertz CT molecular complexity index is 753. The number of amides is 1. The molecule has 0 radical (unpaired) electrons. The first-order chi connectivity index (χ1) is 11.8. The lowest BCUT2D eigenvalue weighted by Gasteiger charge is -2.29. The summed E-state index contributed by atoms with van der Waals surface area (Å²) in [4.78, 5) is 15.4. The maximum Gasteiger partial charge on any atom is 0.234 e. The van der Waals surface area contributed by atoms with Gasteiger partial charge in [-0.3, -0.25) is 9.89 Å². The third kappa shape index (κ3) is 2.58. The van der Waals surface area contributed by atoms with Crippen LogP contribution in [-0.4, -0.2) is 29.8 Å². The molecule has 2 aromatic rings. The maximum atomic E-state index is 13.4. The molecule has 0 saturated carbocycles. The molecule has 24 heavy (non-hydrogen) atoms. The first kappa shape index (κ1) is 15.2. The molecule has 4 rings (SSSR count). The van der Waals surface area contributed by atoms with Gasteiger partial charge in [0.25, 0.3) is 0 Å². The summed E-state index contributed by atoms with van der Waals surface area (Å²) in [5, 5.41) is 7.21. The third-order valence-corrected chi connectivity index (χ3v) is 5.27. The Kier molecular flexibility index (Phi) is 4.00. The van der Waals surface area contributed by atoms with E-state index in [1.54, 1.807) is 7.11 Å². The van der Waals surface area contributed by atoms with E-state index in [1.807, 2.05) is 23.2 Å². The number of aromatic amines is 1. The highest BCUT2D eigenvalue weighted by Gasteiger charge is 2.33. The van der Waals surface area contributed by atoms with E-state index in [2.05, 4.69) is 16.3 Å². The van der Waals surface area contributed by atoms with Crippen molar-refractivity contribution in [3.05, 3.63) is 41.2 Å². The molecule has 1 amide bonds. The minimum Gasteiger partial charge on any atom is -0.497 e. The molecule has 126 valence electrons. The van der Waals surface area contributed by atoms with E-state index >= 15 is 0 Å². The third-order valence-electron chi connectivity index (χ3n) is 5.27. The van der Waals surface area contributed by atoms with Gasteiger partial charge in [-0.25, -0.2) is 0 Å². The van der Waals surface area contributed by atoms with Gasteiger partial charge in [0.15, 0.2) is 0 Å². The fourth-order valence-corrected chi connectivity index (χ4v) is 3.97. The molecule has 0 bridgehead atoms. The van der Waals surface area contributed by atoms with Crippen molar-refractivity contribution < 1.29 is 9.53 Å². The minimum absolute atomic E-state index is 0.0790. The number of hydrogen-bond acceptors (Lipinski definition) is 3. The Morgan fingerprint density at radius 2 is 2.21 bits per heavy atom. The number of carbonyl (C=O) groups excluding carboxylic acids is 1. The lowest BCUT2D eigenvalue weighted by atomic mass is 9.86. The van der Waals surface area contributed by atoms with Gasteiger partial charge in [0, 0.05) is 23.9 Å². The SMILES string of the molecule is COc1ccc2c(c1)N(C(=O)C1CCCc3[nH]ncc31)CCCC2. The minimum atomic E-state index is -0.0790. The van der Waals surface area contributed by atoms with Crippen molar-refractivity contribution in [3.63, 3.8) is 0 Å². The van der Waals surface area contributed by atoms with Crippen LogP contribution in [0.15, 0.2) is 24.4 Å². The molecule has 1 unspecified atom stereocenters. The maximum absolute atomic E-state index is 13.4. The van der Waals surface area contributed by atoms with E-state index in [4.69, 9.17) is 4.74 Å². The van der Waals surface area contributed by atoms with Crippen LogP contribution in [0, 0.1) is 0 Å². The van der Waals surface area contributed by atoms with Crippen molar-refractivity contribution in [2.24, 2.45) is 0 Å². The molecule has 1 aromatic heterocycles. The molecule has 1 N–H and O–H groups in total. The number of nitrogens with zero attached hydrogens (tertiary/aromatic N) is 2.